The van der Waals surface area contributed by atoms with Crippen LogP contribution < -0.4 is 25.2 Å². The van der Waals surface area contributed by atoms with Crippen LogP contribution in [0.1, 0.15) is 18.1 Å². The van der Waals surface area contributed by atoms with Gasteiger partial charge in [-0.1, -0.05) is 12.1 Å². The van der Waals surface area contributed by atoms with Crippen molar-refractivity contribution in [3.8, 4) is 11.5 Å². The molecule has 0 aliphatic heterocycles. The van der Waals surface area contributed by atoms with Crippen molar-refractivity contribution in [2.24, 2.45) is 10.1 Å². The molecule has 2 aromatic carbocycles. The molecular weight excluding hydrogens is 545 g/mol. The lowest BCUT2D eigenvalue weighted by atomic mass is 10.2. The summed E-state index contributed by atoms with van der Waals surface area (Å²) in [6.07, 6.45) is 0. The van der Waals surface area contributed by atoms with Crippen molar-refractivity contribution in [3.05, 3.63) is 53.6 Å². The van der Waals surface area contributed by atoms with Crippen molar-refractivity contribution >= 4 is 40.0 Å². The monoisotopic (exact) mass is 570 g/mol. The van der Waals surface area contributed by atoms with Crippen LogP contribution in [0.2, 0.25) is 0 Å². The maximum atomic E-state index is 12.7. The molecule has 0 amide bonds. The van der Waals surface area contributed by atoms with E-state index in [4.69, 9.17) is 9.88 Å². The highest BCUT2D eigenvalue weighted by Gasteiger charge is 2.12. The lowest BCUT2D eigenvalue weighted by Gasteiger charge is -2.15. The standard InChI is InChI=1S/C19H24F2N4O4S.HI/c1-3-23-19(24-11-13-4-7-16(8-5-13)30(22,26)27)25-12-14-10-15(28-2)6-9-17(14)29-18(20)21;/h4-10,18H,3,11-12H2,1-2H3,(H2,22,26,27)(H2,23,24,25);1H. The number of nitrogens with two attached hydrogens (primary N) is 1. The minimum Gasteiger partial charge on any atom is -0.497 e. The number of sulfonamides is 1. The first kappa shape index (κ1) is 26.8. The van der Waals surface area contributed by atoms with Crippen molar-refractivity contribution < 1.29 is 26.7 Å². The van der Waals surface area contributed by atoms with Crippen LogP contribution in [0.3, 0.4) is 0 Å². The number of guanidine groups is 1. The van der Waals surface area contributed by atoms with Gasteiger partial charge in [-0.15, -0.1) is 24.0 Å². The Morgan fingerprint density at radius 1 is 1.16 bits per heavy atom. The number of ether oxygens (including phenoxy) is 2. The molecule has 2 rings (SSSR count). The minimum absolute atomic E-state index is 0. The maximum Gasteiger partial charge on any atom is 0.387 e. The Balaban J connectivity index is 0.00000480. The summed E-state index contributed by atoms with van der Waals surface area (Å²) >= 11 is 0. The number of primary sulfonamides is 1. The van der Waals surface area contributed by atoms with Gasteiger partial charge in [0.05, 0.1) is 18.6 Å². The molecule has 0 aromatic heterocycles. The predicted molar refractivity (Wildman–Crippen MR) is 125 cm³/mol. The van der Waals surface area contributed by atoms with E-state index in [0.29, 0.717) is 23.8 Å². The number of halogens is 3. The summed E-state index contributed by atoms with van der Waals surface area (Å²) in [6, 6.07) is 10.6. The average Bonchev–Trinajstić information content (AvgIpc) is 2.70. The molecule has 0 heterocycles. The van der Waals surface area contributed by atoms with Crippen LogP contribution in [0.15, 0.2) is 52.4 Å². The van der Waals surface area contributed by atoms with Gasteiger partial charge in [0.15, 0.2) is 5.96 Å². The highest BCUT2D eigenvalue weighted by atomic mass is 127. The van der Waals surface area contributed by atoms with E-state index in [-0.39, 0.29) is 47.7 Å². The molecular formula is C19H25F2IN4O4S. The van der Waals surface area contributed by atoms with E-state index in [1.807, 2.05) is 6.92 Å². The Bertz CT molecular complexity index is 973. The van der Waals surface area contributed by atoms with Gasteiger partial charge in [-0.3, -0.25) is 0 Å². The van der Waals surface area contributed by atoms with E-state index < -0.39 is 16.6 Å². The maximum absolute atomic E-state index is 12.7. The molecule has 4 N–H and O–H groups in total. The van der Waals surface area contributed by atoms with Gasteiger partial charge in [0.1, 0.15) is 11.5 Å². The zero-order chi connectivity index (χ0) is 22.1. The summed E-state index contributed by atoms with van der Waals surface area (Å²) in [6.45, 7) is -0.0583. The van der Waals surface area contributed by atoms with Gasteiger partial charge < -0.3 is 20.1 Å². The third-order valence-corrected chi connectivity index (χ3v) is 4.88. The molecule has 12 heteroatoms. The number of hydrogen-bond donors (Lipinski definition) is 3. The van der Waals surface area contributed by atoms with E-state index in [2.05, 4.69) is 20.4 Å². The molecule has 0 unspecified atom stereocenters. The Morgan fingerprint density at radius 2 is 1.84 bits per heavy atom. The summed E-state index contributed by atoms with van der Waals surface area (Å²) in [5.74, 6) is 0.983. The second-order valence-corrected chi connectivity index (χ2v) is 7.65. The zero-order valence-corrected chi connectivity index (χ0v) is 20.1. The minimum atomic E-state index is -3.75. The first-order valence-corrected chi connectivity index (χ1v) is 10.5. The first-order chi connectivity index (χ1) is 14.2. The van der Waals surface area contributed by atoms with Crippen molar-refractivity contribution in [2.45, 2.75) is 31.5 Å². The van der Waals surface area contributed by atoms with Crippen LogP contribution in [0, 0.1) is 0 Å². The molecule has 31 heavy (non-hydrogen) atoms. The van der Waals surface area contributed by atoms with E-state index in [1.165, 1.54) is 31.4 Å². The molecule has 0 atom stereocenters. The molecule has 0 saturated carbocycles. The molecule has 8 nitrogen and oxygen atoms in total. The predicted octanol–water partition coefficient (Wildman–Crippen LogP) is 2.82. The number of alkyl halides is 2. The average molecular weight is 570 g/mol. The van der Waals surface area contributed by atoms with Crippen molar-refractivity contribution in [1.82, 2.24) is 10.6 Å². The second kappa shape index (κ2) is 12.6. The fourth-order valence-electron chi connectivity index (χ4n) is 2.51. The number of nitrogens with zero attached hydrogens (tertiary/aromatic N) is 1. The number of rotatable bonds is 9. The number of hydrogen-bond acceptors (Lipinski definition) is 5. The summed E-state index contributed by atoms with van der Waals surface area (Å²) < 4.78 is 57.7. The Kier molecular flexibility index (Phi) is 10.9. The number of aliphatic imine (C=N–C) groups is 1. The van der Waals surface area contributed by atoms with Crippen LogP contribution >= 0.6 is 24.0 Å². The highest BCUT2D eigenvalue weighted by Crippen LogP contribution is 2.25. The third kappa shape index (κ3) is 8.83. The van der Waals surface area contributed by atoms with E-state index in [9.17, 15) is 17.2 Å². The Hall–Kier alpha value is -2.19. The third-order valence-electron chi connectivity index (χ3n) is 3.95. The van der Waals surface area contributed by atoms with Gasteiger partial charge in [0.25, 0.3) is 0 Å². The van der Waals surface area contributed by atoms with Gasteiger partial charge in [-0.25, -0.2) is 18.5 Å². The molecule has 2 aromatic rings. The van der Waals surface area contributed by atoms with Crippen LogP contribution in [-0.2, 0) is 23.1 Å². The fraction of sp³-hybridized carbons (Fsp3) is 0.316. The Morgan fingerprint density at radius 3 is 2.39 bits per heavy atom. The van der Waals surface area contributed by atoms with Crippen molar-refractivity contribution in [2.75, 3.05) is 13.7 Å². The van der Waals surface area contributed by atoms with Crippen molar-refractivity contribution in [1.29, 1.82) is 0 Å². The largest absolute Gasteiger partial charge is 0.497 e. The van der Waals surface area contributed by atoms with Gasteiger partial charge in [-0.05, 0) is 42.8 Å². The molecule has 0 saturated heterocycles. The van der Waals surface area contributed by atoms with Crippen LogP contribution in [0.4, 0.5) is 8.78 Å². The van der Waals surface area contributed by atoms with E-state index in [0.717, 1.165) is 5.56 Å². The van der Waals surface area contributed by atoms with Crippen LogP contribution in [-0.4, -0.2) is 34.6 Å². The van der Waals surface area contributed by atoms with Gasteiger partial charge >= 0.3 is 6.61 Å². The smallest absolute Gasteiger partial charge is 0.387 e. The SMILES string of the molecule is CCNC(=NCc1ccc(S(N)(=O)=O)cc1)NCc1cc(OC)ccc1OC(F)F.I. The van der Waals surface area contributed by atoms with Crippen LogP contribution in [0.5, 0.6) is 11.5 Å². The van der Waals surface area contributed by atoms with Crippen LogP contribution in [0.25, 0.3) is 0 Å². The molecule has 172 valence electrons. The molecule has 0 aliphatic rings. The molecule has 0 spiro atoms. The lowest BCUT2D eigenvalue weighted by molar-refractivity contribution is -0.0505. The molecule has 0 radical (unpaired) electrons. The first-order valence-electron chi connectivity index (χ1n) is 8.98. The second-order valence-electron chi connectivity index (χ2n) is 6.09. The van der Waals surface area contributed by atoms with Gasteiger partial charge in [0, 0.05) is 18.7 Å². The summed E-state index contributed by atoms with van der Waals surface area (Å²) in [5, 5.41) is 11.2. The quantitative estimate of drug-likeness (QED) is 0.243. The van der Waals surface area contributed by atoms with Gasteiger partial charge in [-0.2, -0.15) is 8.78 Å². The summed E-state index contributed by atoms with van der Waals surface area (Å²) in [7, 11) is -2.27. The Labute approximate surface area is 197 Å². The highest BCUT2D eigenvalue weighted by molar-refractivity contribution is 14.0. The number of methoxy groups -OCH3 is 1. The number of nitrogens with one attached hydrogen (secondary N) is 2. The molecule has 0 aliphatic carbocycles. The lowest BCUT2D eigenvalue weighted by Crippen LogP contribution is -2.36. The summed E-state index contributed by atoms with van der Waals surface area (Å²) in [4.78, 5) is 4.44. The van der Waals surface area contributed by atoms with E-state index in [1.54, 1.807) is 18.2 Å². The topological polar surface area (TPSA) is 115 Å². The van der Waals surface area contributed by atoms with Crippen molar-refractivity contribution in [3.63, 3.8) is 0 Å². The van der Waals surface area contributed by atoms with Gasteiger partial charge in [0.2, 0.25) is 10.0 Å². The summed E-state index contributed by atoms with van der Waals surface area (Å²) in [5.41, 5.74) is 1.24. The fourth-order valence-corrected chi connectivity index (χ4v) is 3.02. The molecule has 0 bridgehead atoms. The van der Waals surface area contributed by atoms with E-state index >= 15 is 0 Å². The zero-order valence-electron chi connectivity index (χ0n) is 17.0. The number of benzene rings is 2. The normalized spacial score (nSPS) is 11.6. The molecule has 0 fully saturated rings.